The molecule has 3 amide bonds. The van der Waals surface area contributed by atoms with Crippen molar-refractivity contribution < 1.29 is 23.9 Å². The standard InChI is InChI=1S/C20H20N2O5/c1-3-27-17-7-5-4-6-16(17)22-19(24)14-9-8-13(12-15(14)20(22)25)18(23)21-10-11-26-2/h4-9,12H,3,10-11H2,1-2H3,(H,21,23). The number of para-hydroxylation sites is 2. The molecule has 0 fully saturated rings. The fourth-order valence-electron chi connectivity index (χ4n) is 2.89. The molecule has 1 heterocycles. The van der Waals surface area contributed by atoms with Gasteiger partial charge in [-0.05, 0) is 37.3 Å². The second-order valence-electron chi connectivity index (χ2n) is 5.86. The fourth-order valence-corrected chi connectivity index (χ4v) is 2.89. The Balaban J connectivity index is 1.91. The van der Waals surface area contributed by atoms with Crippen LogP contribution in [0.3, 0.4) is 0 Å². The molecule has 7 heteroatoms. The minimum absolute atomic E-state index is 0.200. The summed E-state index contributed by atoms with van der Waals surface area (Å²) >= 11 is 0. The third kappa shape index (κ3) is 3.54. The van der Waals surface area contributed by atoms with Gasteiger partial charge in [-0.1, -0.05) is 12.1 Å². The lowest BCUT2D eigenvalue weighted by molar-refractivity contribution is 0.0920. The number of carbonyl (C=O) groups is 3. The number of methoxy groups -OCH3 is 1. The van der Waals surface area contributed by atoms with Gasteiger partial charge in [0.15, 0.2) is 0 Å². The van der Waals surface area contributed by atoms with Crippen LogP contribution >= 0.6 is 0 Å². The van der Waals surface area contributed by atoms with Crippen LogP contribution in [0.1, 0.15) is 38.0 Å². The molecule has 0 atom stereocenters. The average Bonchev–Trinajstić information content (AvgIpc) is 2.93. The van der Waals surface area contributed by atoms with Gasteiger partial charge in [0.1, 0.15) is 5.75 Å². The monoisotopic (exact) mass is 368 g/mol. The molecule has 1 N–H and O–H groups in total. The normalized spacial score (nSPS) is 12.9. The molecular weight excluding hydrogens is 348 g/mol. The summed E-state index contributed by atoms with van der Waals surface area (Å²) < 4.78 is 10.4. The van der Waals surface area contributed by atoms with Crippen molar-refractivity contribution in [2.45, 2.75) is 6.92 Å². The van der Waals surface area contributed by atoms with E-state index >= 15 is 0 Å². The van der Waals surface area contributed by atoms with E-state index in [1.807, 2.05) is 6.92 Å². The maximum absolute atomic E-state index is 12.9. The van der Waals surface area contributed by atoms with Crippen molar-refractivity contribution in [1.29, 1.82) is 0 Å². The van der Waals surface area contributed by atoms with E-state index < -0.39 is 11.8 Å². The second kappa shape index (κ2) is 8.01. The highest BCUT2D eigenvalue weighted by Gasteiger charge is 2.38. The minimum atomic E-state index is -0.478. The smallest absolute Gasteiger partial charge is 0.266 e. The van der Waals surface area contributed by atoms with Crippen LogP contribution in [-0.2, 0) is 4.74 Å². The van der Waals surface area contributed by atoms with Crippen LogP contribution in [0.2, 0.25) is 0 Å². The molecule has 0 unspecified atom stereocenters. The third-order valence-corrected chi connectivity index (χ3v) is 4.15. The number of carbonyl (C=O) groups excluding carboxylic acids is 3. The van der Waals surface area contributed by atoms with E-state index in [1.165, 1.54) is 18.2 Å². The highest BCUT2D eigenvalue weighted by atomic mass is 16.5. The van der Waals surface area contributed by atoms with Gasteiger partial charge in [0.05, 0.1) is 30.0 Å². The first-order valence-electron chi connectivity index (χ1n) is 8.60. The molecule has 0 saturated carbocycles. The van der Waals surface area contributed by atoms with Crippen LogP contribution < -0.4 is 15.0 Å². The number of hydrogen-bond donors (Lipinski definition) is 1. The van der Waals surface area contributed by atoms with Gasteiger partial charge in [0.2, 0.25) is 0 Å². The van der Waals surface area contributed by atoms with Crippen molar-refractivity contribution in [3.8, 4) is 5.75 Å². The summed E-state index contributed by atoms with van der Waals surface area (Å²) in [5.41, 5.74) is 1.16. The van der Waals surface area contributed by atoms with Crippen LogP contribution in [-0.4, -0.2) is 44.6 Å². The summed E-state index contributed by atoms with van der Waals surface area (Å²) in [5.74, 6) is -0.794. The SMILES string of the molecule is CCOc1ccccc1N1C(=O)c2ccc(C(=O)NCCOC)cc2C1=O. The number of ether oxygens (including phenoxy) is 2. The van der Waals surface area contributed by atoms with Crippen LogP contribution in [0.25, 0.3) is 0 Å². The molecule has 2 aromatic rings. The van der Waals surface area contributed by atoms with Gasteiger partial charge < -0.3 is 14.8 Å². The number of imide groups is 1. The van der Waals surface area contributed by atoms with E-state index in [2.05, 4.69) is 5.32 Å². The predicted octanol–water partition coefficient (Wildman–Crippen LogP) is 2.26. The number of hydrogen-bond acceptors (Lipinski definition) is 5. The largest absolute Gasteiger partial charge is 0.492 e. The molecule has 140 valence electrons. The highest BCUT2D eigenvalue weighted by molar-refractivity contribution is 6.35. The van der Waals surface area contributed by atoms with E-state index in [0.29, 0.717) is 36.8 Å². The van der Waals surface area contributed by atoms with Crippen LogP contribution in [0.15, 0.2) is 42.5 Å². The summed E-state index contributed by atoms with van der Waals surface area (Å²) in [6, 6.07) is 11.3. The predicted molar refractivity (Wildman–Crippen MR) is 99.4 cm³/mol. The molecule has 2 aromatic carbocycles. The van der Waals surface area contributed by atoms with Crippen LogP contribution in [0, 0.1) is 0 Å². The number of fused-ring (bicyclic) bond motifs is 1. The lowest BCUT2D eigenvalue weighted by atomic mass is 10.1. The van der Waals surface area contributed by atoms with Crippen molar-refractivity contribution >= 4 is 23.4 Å². The molecule has 3 rings (SSSR count). The maximum atomic E-state index is 12.9. The van der Waals surface area contributed by atoms with Crippen molar-refractivity contribution in [2.24, 2.45) is 0 Å². The van der Waals surface area contributed by atoms with Crippen molar-refractivity contribution in [3.63, 3.8) is 0 Å². The molecule has 0 spiro atoms. The number of nitrogens with one attached hydrogen (secondary N) is 1. The molecule has 1 aliphatic heterocycles. The lowest BCUT2D eigenvalue weighted by Crippen LogP contribution is -2.29. The van der Waals surface area contributed by atoms with Crippen molar-refractivity contribution in [3.05, 3.63) is 59.2 Å². The number of amides is 3. The summed E-state index contributed by atoms with van der Waals surface area (Å²) in [5, 5.41) is 2.69. The van der Waals surface area contributed by atoms with Gasteiger partial charge in [-0.25, -0.2) is 4.90 Å². The molecule has 0 aromatic heterocycles. The second-order valence-corrected chi connectivity index (χ2v) is 5.86. The van der Waals surface area contributed by atoms with E-state index in [-0.39, 0.29) is 17.0 Å². The number of nitrogens with zero attached hydrogens (tertiary/aromatic N) is 1. The van der Waals surface area contributed by atoms with Gasteiger partial charge in [-0.3, -0.25) is 14.4 Å². The van der Waals surface area contributed by atoms with Gasteiger partial charge in [0, 0.05) is 19.2 Å². The highest BCUT2D eigenvalue weighted by Crippen LogP contribution is 2.35. The Morgan fingerprint density at radius 2 is 1.81 bits per heavy atom. The Morgan fingerprint density at radius 1 is 1.07 bits per heavy atom. The van der Waals surface area contributed by atoms with E-state index in [4.69, 9.17) is 9.47 Å². The minimum Gasteiger partial charge on any atom is -0.492 e. The van der Waals surface area contributed by atoms with Gasteiger partial charge >= 0.3 is 0 Å². The molecule has 1 aliphatic rings. The Hall–Kier alpha value is -3.19. The first-order chi connectivity index (χ1) is 13.1. The Morgan fingerprint density at radius 3 is 2.56 bits per heavy atom. The maximum Gasteiger partial charge on any atom is 0.266 e. The molecular formula is C20H20N2O5. The zero-order valence-corrected chi connectivity index (χ0v) is 15.2. The van der Waals surface area contributed by atoms with E-state index in [1.54, 1.807) is 31.4 Å². The van der Waals surface area contributed by atoms with Gasteiger partial charge in [0.25, 0.3) is 17.7 Å². The lowest BCUT2D eigenvalue weighted by Gasteiger charge is -2.17. The summed E-state index contributed by atoms with van der Waals surface area (Å²) in [4.78, 5) is 39.0. The Kier molecular flexibility index (Phi) is 5.52. The molecule has 27 heavy (non-hydrogen) atoms. The molecule has 0 radical (unpaired) electrons. The summed E-state index contributed by atoms with van der Waals surface area (Å²) in [6.45, 7) is 2.98. The van der Waals surface area contributed by atoms with E-state index in [0.717, 1.165) is 4.90 Å². The van der Waals surface area contributed by atoms with Crippen LogP contribution in [0.5, 0.6) is 5.75 Å². The summed E-state index contributed by atoms with van der Waals surface area (Å²) in [6.07, 6.45) is 0. The fraction of sp³-hybridized carbons (Fsp3) is 0.250. The average molecular weight is 368 g/mol. The zero-order valence-electron chi connectivity index (χ0n) is 15.2. The summed E-state index contributed by atoms with van der Waals surface area (Å²) in [7, 11) is 1.54. The Bertz CT molecular complexity index is 894. The third-order valence-electron chi connectivity index (χ3n) is 4.15. The zero-order chi connectivity index (χ0) is 19.4. The van der Waals surface area contributed by atoms with E-state index in [9.17, 15) is 14.4 Å². The molecule has 0 bridgehead atoms. The topological polar surface area (TPSA) is 84.9 Å². The van der Waals surface area contributed by atoms with Crippen LogP contribution in [0.4, 0.5) is 5.69 Å². The molecule has 0 aliphatic carbocycles. The van der Waals surface area contributed by atoms with Crippen molar-refractivity contribution in [2.75, 3.05) is 31.8 Å². The number of benzene rings is 2. The molecule has 0 saturated heterocycles. The van der Waals surface area contributed by atoms with Gasteiger partial charge in [-0.15, -0.1) is 0 Å². The first-order valence-corrected chi connectivity index (χ1v) is 8.60. The van der Waals surface area contributed by atoms with Crippen molar-refractivity contribution in [1.82, 2.24) is 5.32 Å². The Labute approximate surface area is 156 Å². The first kappa shape index (κ1) is 18.6. The number of rotatable bonds is 7. The quantitative estimate of drug-likeness (QED) is 0.599. The number of anilines is 1. The van der Waals surface area contributed by atoms with Gasteiger partial charge in [-0.2, -0.15) is 0 Å². The molecule has 7 nitrogen and oxygen atoms in total.